The van der Waals surface area contributed by atoms with Crippen LogP contribution in [0.25, 0.3) is 0 Å². The fourth-order valence-electron chi connectivity index (χ4n) is 3.15. The largest absolute Gasteiger partial charge is 0.495 e. The van der Waals surface area contributed by atoms with Gasteiger partial charge in [-0.3, -0.25) is 9.59 Å². The van der Waals surface area contributed by atoms with Gasteiger partial charge in [-0.05, 0) is 54.7 Å². The summed E-state index contributed by atoms with van der Waals surface area (Å²) in [5, 5.41) is 2.76. The number of nitrogen functional groups attached to an aromatic ring is 1. The lowest BCUT2D eigenvalue weighted by Crippen LogP contribution is -2.14. The van der Waals surface area contributed by atoms with Gasteiger partial charge in [-0.15, -0.1) is 12.4 Å². The number of halogens is 1. The van der Waals surface area contributed by atoms with Crippen LogP contribution >= 0.6 is 12.4 Å². The molecule has 0 aliphatic heterocycles. The van der Waals surface area contributed by atoms with Gasteiger partial charge in [-0.1, -0.05) is 12.1 Å². The second kappa shape index (κ2) is 8.72. The summed E-state index contributed by atoms with van der Waals surface area (Å²) < 4.78 is 5.08. The van der Waals surface area contributed by atoms with Crippen molar-refractivity contribution in [3.8, 4) is 5.75 Å². The number of benzene rings is 2. The maximum atomic E-state index is 12.3. The number of rotatable bonds is 6. The molecule has 138 valence electrons. The Kier molecular flexibility index (Phi) is 6.64. The molecule has 1 aliphatic rings. The third-order valence-electron chi connectivity index (χ3n) is 4.51. The molecule has 2 aromatic rings. The van der Waals surface area contributed by atoms with Crippen molar-refractivity contribution in [3.63, 3.8) is 0 Å². The quantitative estimate of drug-likeness (QED) is 0.595. The maximum Gasteiger partial charge on any atom is 0.224 e. The van der Waals surface area contributed by atoms with E-state index in [1.165, 1.54) is 18.2 Å². The molecule has 5 nitrogen and oxygen atoms in total. The number of ether oxygens (including phenoxy) is 1. The summed E-state index contributed by atoms with van der Waals surface area (Å²) in [5.41, 5.74) is 10.2. The zero-order chi connectivity index (χ0) is 17.8. The van der Waals surface area contributed by atoms with E-state index in [-0.39, 0.29) is 36.9 Å². The summed E-state index contributed by atoms with van der Waals surface area (Å²) in [6, 6.07) is 10.9. The molecule has 0 saturated carbocycles. The third kappa shape index (κ3) is 4.55. The second-order valence-corrected chi connectivity index (χ2v) is 6.27. The Morgan fingerprint density at radius 3 is 2.58 bits per heavy atom. The van der Waals surface area contributed by atoms with E-state index in [1.807, 2.05) is 18.2 Å². The molecule has 0 aromatic heterocycles. The van der Waals surface area contributed by atoms with Crippen molar-refractivity contribution < 1.29 is 14.3 Å². The van der Waals surface area contributed by atoms with Crippen LogP contribution in [0.5, 0.6) is 5.75 Å². The lowest BCUT2D eigenvalue weighted by atomic mass is 10.0. The zero-order valence-electron chi connectivity index (χ0n) is 14.7. The minimum Gasteiger partial charge on any atom is -0.495 e. The molecule has 1 amide bonds. The average Bonchev–Trinajstić information content (AvgIpc) is 3.07. The van der Waals surface area contributed by atoms with E-state index in [1.54, 1.807) is 18.2 Å². The van der Waals surface area contributed by atoms with Gasteiger partial charge in [-0.25, -0.2) is 0 Å². The summed E-state index contributed by atoms with van der Waals surface area (Å²) in [6.45, 7) is 0. The molecule has 2 aromatic carbocycles. The summed E-state index contributed by atoms with van der Waals surface area (Å²) in [6.07, 6.45) is 3.62. The zero-order valence-corrected chi connectivity index (χ0v) is 15.5. The molecule has 0 spiro atoms. The van der Waals surface area contributed by atoms with Crippen molar-refractivity contribution >= 4 is 35.5 Å². The lowest BCUT2D eigenvalue weighted by molar-refractivity contribution is -0.116. The molecular weight excluding hydrogens is 352 g/mol. The van der Waals surface area contributed by atoms with Crippen LogP contribution in [0.1, 0.15) is 40.7 Å². The Balaban J connectivity index is 0.00000243. The number of carbonyl (C=O) groups excluding carboxylic acids is 2. The van der Waals surface area contributed by atoms with Crippen LogP contribution < -0.4 is 15.8 Å². The Hall–Kier alpha value is -2.53. The van der Waals surface area contributed by atoms with Crippen molar-refractivity contribution in [2.45, 2.75) is 32.1 Å². The van der Waals surface area contributed by atoms with E-state index in [9.17, 15) is 9.59 Å². The van der Waals surface area contributed by atoms with Crippen molar-refractivity contribution in [2.75, 3.05) is 18.2 Å². The molecular formula is C20H23ClN2O3. The fourth-order valence-corrected chi connectivity index (χ4v) is 3.15. The highest BCUT2D eigenvalue weighted by Crippen LogP contribution is 2.25. The number of anilines is 2. The standard InChI is InChI=1S/C20H22N2O3.ClH/c1-25-19-9-7-16(12-17(19)21)22-20(24)10-8-18(23)15-6-5-13-3-2-4-14(13)11-15;/h5-7,9,11-12H,2-4,8,10,21H2,1H3,(H,22,24);1H. The Morgan fingerprint density at radius 1 is 1.08 bits per heavy atom. The summed E-state index contributed by atoms with van der Waals surface area (Å²) in [5.74, 6) is 0.350. The molecule has 0 heterocycles. The number of fused-ring (bicyclic) bond motifs is 1. The highest BCUT2D eigenvalue weighted by atomic mass is 35.5. The summed E-state index contributed by atoms with van der Waals surface area (Å²) in [7, 11) is 1.54. The number of hydrogen-bond donors (Lipinski definition) is 2. The Labute approximate surface area is 159 Å². The number of Topliss-reactive ketones (excluding diaryl/α,β-unsaturated/α-hetero) is 1. The van der Waals surface area contributed by atoms with Gasteiger partial charge in [0, 0.05) is 24.1 Å². The molecule has 0 fully saturated rings. The average molecular weight is 375 g/mol. The monoisotopic (exact) mass is 374 g/mol. The number of carbonyl (C=O) groups is 2. The molecule has 3 N–H and O–H groups in total. The topological polar surface area (TPSA) is 81.4 Å². The first kappa shape index (κ1) is 19.8. The van der Waals surface area contributed by atoms with E-state index in [4.69, 9.17) is 10.5 Å². The molecule has 26 heavy (non-hydrogen) atoms. The van der Waals surface area contributed by atoms with Crippen LogP contribution in [0.4, 0.5) is 11.4 Å². The van der Waals surface area contributed by atoms with Gasteiger partial charge >= 0.3 is 0 Å². The Bertz CT molecular complexity index is 821. The highest BCUT2D eigenvalue weighted by molar-refractivity contribution is 6.00. The van der Waals surface area contributed by atoms with E-state index >= 15 is 0 Å². The molecule has 3 rings (SSSR count). The molecule has 0 bridgehead atoms. The number of methoxy groups -OCH3 is 1. The van der Waals surface area contributed by atoms with Crippen LogP contribution in [-0.4, -0.2) is 18.8 Å². The number of nitrogens with one attached hydrogen (secondary N) is 1. The second-order valence-electron chi connectivity index (χ2n) is 6.27. The van der Waals surface area contributed by atoms with E-state index in [0.29, 0.717) is 22.7 Å². The first-order valence-electron chi connectivity index (χ1n) is 8.45. The van der Waals surface area contributed by atoms with Gasteiger partial charge in [0.1, 0.15) is 5.75 Å². The van der Waals surface area contributed by atoms with Crippen LogP contribution in [0.15, 0.2) is 36.4 Å². The normalized spacial score (nSPS) is 12.0. The van der Waals surface area contributed by atoms with Crippen LogP contribution in [0.3, 0.4) is 0 Å². The fraction of sp³-hybridized carbons (Fsp3) is 0.300. The van der Waals surface area contributed by atoms with Gasteiger partial charge in [0.25, 0.3) is 0 Å². The molecule has 0 saturated heterocycles. The van der Waals surface area contributed by atoms with Crippen LogP contribution in [0, 0.1) is 0 Å². The summed E-state index contributed by atoms with van der Waals surface area (Å²) >= 11 is 0. The number of ketones is 1. The minimum absolute atomic E-state index is 0. The minimum atomic E-state index is -0.209. The summed E-state index contributed by atoms with van der Waals surface area (Å²) in [4.78, 5) is 24.4. The first-order chi connectivity index (χ1) is 12.1. The third-order valence-corrected chi connectivity index (χ3v) is 4.51. The molecule has 0 radical (unpaired) electrons. The van der Waals surface area contributed by atoms with Gasteiger partial charge in [0.2, 0.25) is 5.91 Å². The van der Waals surface area contributed by atoms with Gasteiger partial charge in [0.05, 0.1) is 12.8 Å². The number of hydrogen-bond acceptors (Lipinski definition) is 4. The molecule has 1 aliphatic carbocycles. The first-order valence-corrected chi connectivity index (χ1v) is 8.45. The van der Waals surface area contributed by atoms with Crippen molar-refractivity contribution in [3.05, 3.63) is 53.1 Å². The predicted octanol–water partition coefficient (Wildman–Crippen LogP) is 3.79. The molecule has 0 unspecified atom stereocenters. The smallest absolute Gasteiger partial charge is 0.224 e. The number of aryl methyl sites for hydroxylation is 2. The van der Waals surface area contributed by atoms with Gasteiger partial charge in [0.15, 0.2) is 5.78 Å². The van der Waals surface area contributed by atoms with Crippen molar-refractivity contribution in [1.29, 1.82) is 0 Å². The van der Waals surface area contributed by atoms with E-state index in [0.717, 1.165) is 19.3 Å². The highest BCUT2D eigenvalue weighted by Gasteiger charge is 2.15. The van der Waals surface area contributed by atoms with Gasteiger partial charge < -0.3 is 15.8 Å². The molecule has 6 heteroatoms. The maximum absolute atomic E-state index is 12.3. The van der Waals surface area contributed by atoms with Crippen LogP contribution in [0.2, 0.25) is 0 Å². The van der Waals surface area contributed by atoms with Crippen LogP contribution in [-0.2, 0) is 17.6 Å². The molecule has 0 atom stereocenters. The number of amides is 1. The van der Waals surface area contributed by atoms with E-state index in [2.05, 4.69) is 5.32 Å². The van der Waals surface area contributed by atoms with Gasteiger partial charge in [-0.2, -0.15) is 0 Å². The number of nitrogens with two attached hydrogens (primary N) is 1. The predicted molar refractivity (Wildman–Crippen MR) is 105 cm³/mol. The SMILES string of the molecule is COc1ccc(NC(=O)CCC(=O)c2ccc3c(c2)CCC3)cc1N.Cl. The lowest BCUT2D eigenvalue weighted by Gasteiger charge is -2.09. The van der Waals surface area contributed by atoms with Crippen molar-refractivity contribution in [1.82, 2.24) is 0 Å². The van der Waals surface area contributed by atoms with E-state index < -0.39 is 0 Å². The Morgan fingerprint density at radius 2 is 1.85 bits per heavy atom. The van der Waals surface area contributed by atoms with Crippen molar-refractivity contribution in [2.24, 2.45) is 0 Å².